The lowest BCUT2D eigenvalue weighted by atomic mass is 10.3. The molecule has 0 radical (unpaired) electrons. The van der Waals surface area contributed by atoms with Crippen molar-refractivity contribution < 1.29 is 106 Å². The first kappa shape index (κ1) is 32.8. The maximum atomic E-state index is 13.0. The van der Waals surface area contributed by atoms with E-state index in [1.165, 1.54) is 0 Å². The molecule has 25 heteroatoms. The van der Waals surface area contributed by atoms with Crippen molar-refractivity contribution in [3.05, 3.63) is 0 Å². The monoisotopic (exact) mass is 586 g/mol. The molecule has 0 saturated carbocycles. The first-order valence-electron chi connectivity index (χ1n) is 6.63. The Kier molecular flexibility index (Phi) is 8.45. The normalized spacial score (nSPS) is 16.4. The summed E-state index contributed by atoms with van der Waals surface area (Å²) in [7, 11) is -6.85. The van der Waals surface area contributed by atoms with Crippen LogP contribution in [0.1, 0.15) is 0 Å². The fraction of sp³-hybridized carbons (Fsp3) is 1.00. The Hall–Kier alpha value is -1.16. The lowest BCUT2D eigenvalue weighted by Gasteiger charge is -2.35. The van der Waals surface area contributed by atoms with E-state index in [1.54, 1.807) is 13.6 Å². The van der Waals surface area contributed by atoms with E-state index in [-0.39, 0.29) is 0 Å². The van der Waals surface area contributed by atoms with E-state index in [0.717, 1.165) is 0 Å². The van der Waals surface area contributed by atoms with Crippen LogP contribution in [-0.2, 0) is 13.6 Å². The molecular weight excluding hydrogens is 586 g/mol. The summed E-state index contributed by atoms with van der Waals surface area (Å²) in [6.45, 7) is 0. The van der Waals surface area contributed by atoms with Gasteiger partial charge in [-0.2, -0.15) is 92.2 Å². The van der Waals surface area contributed by atoms with Crippen LogP contribution in [0.3, 0.4) is 0 Å². The van der Waals surface area contributed by atoms with Crippen LogP contribution in [0.4, 0.5) is 92.2 Å². The van der Waals surface area contributed by atoms with Gasteiger partial charge in [-0.3, -0.25) is 0 Å². The molecule has 0 bridgehead atoms. The fourth-order valence-electron chi connectivity index (χ4n) is 1.00. The topological polar surface area (TPSA) is 27.7 Å². The summed E-state index contributed by atoms with van der Waals surface area (Å²) in [5.74, 6) is -23.3. The van der Waals surface area contributed by atoms with Crippen molar-refractivity contribution in [1.82, 2.24) is 0 Å². The van der Waals surface area contributed by atoms with Gasteiger partial charge in [0.25, 0.3) is 0 Å². The minimum absolute atomic E-state index is 1.77. The van der Waals surface area contributed by atoms with Gasteiger partial charge in [0.2, 0.25) is 0 Å². The minimum Gasteiger partial charge on any atom is -0.241 e. The zero-order valence-corrected chi connectivity index (χ0v) is 15.0. The van der Waals surface area contributed by atoms with Crippen LogP contribution >= 0.6 is 8.60 Å². The highest BCUT2D eigenvalue weighted by molar-refractivity contribution is 7.41. The summed E-state index contributed by atoms with van der Waals surface area (Å²) in [5, 5.41) is 0. The van der Waals surface area contributed by atoms with E-state index in [9.17, 15) is 92.2 Å². The van der Waals surface area contributed by atoms with Crippen molar-refractivity contribution in [2.24, 2.45) is 0 Å². The van der Waals surface area contributed by atoms with Crippen molar-refractivity contribution in [1.29, 1.82) is 0 Å². The van der Waals surface area contributed by atoms with Gasteiger partial charge in [-0.1, -0.05) is 0 Å². The van der Waals surface area contributed by atoms with Crippen LogP contribution in [0.5, 0.6) is 0 Å². The van der Waals surface area contributed by atoms with Crippen molar-refractivity contribution in [2.75, 3.05) is 0 Å². The third-order valence-electron chi connectivity index (χ3n) is 2.73. The molecular formula is C9F21O3P. The first-order chi connectivity index (χ1) is 14.3. The molecule has 0 unspecified atom stereocenters. The number of hydrogen-bond acceptors (Lipinski definition) is 3. The molecule has 0 amide bonds. The molecule has 0 N–H and O–H groups in total. The Morgan fingerprint density at radius 3 is 0.559 bits per heavy atom. The molecule has 0 aliphatic carbocycles. The van der Waals surface area contributed by atoms with Crippen LogP contribution < -0.4 is 0 Å². The van der Waals surface area contributed by atoms with Crippen LogP contribution in [0.15, 0.2) is 0 Å². The maximum Gasteiger partial charge on any atom is 0.462 e. The zero-order chi connectivity index (χ0) is 28.2. The molecule has 0 atom stereocenters. The van der Waals surface area contributed by atoms with Gasteiger partial charge in [0.05, 0.1) is 0 Å². The molecule has 0 aliphatic heterocycles. The van der Waals surface area contributed by atoms with Gasteiger partial charge in [0.15, 0.2) is 0 Å². The number of rotatable bonds is 9. The second kappa shape index (κ2) is 8.75. The van der Waals surface area contributed by atoms with Crippen LogP contribution in [0.25, 0.3) is 0 Å². The molecule has 0 fully saturated rings. The van der Waals surface area contributed by atoms with Crippen LogP contribution in [0.2, 0.25) is 0 Å². The van der Waals surface area contributed by atoms with Crippen LogP contribution in [-0.4, -0.2) is 54.6 Å². The van der Waals surface area contributed by atoms with Gasteiger partial charge >= 0.3 is 63.2 Å². The molecule has 206 valence electrons. The second-order valence-electron chi connectivity index (χ2n) is 5.26. The van der Waals surface area contributed by atoms with E-state index >= 15 is 0 Å². The van der Waals surface area contributed by atoms with E-state index in [0.29, 0.717) is 0 Å². The molecule has 34 heavy (non-hydrogen) atoms. The second-order valence-corrected chi connectivity index (χ2v) is 6.26. The Bertz CT molecular complexity index is 609. The van der Waals surface area contributed by atoms with E-state index < -0.39 is 63.2 Å². The molecule has 3 nitrogen and oxygen atoms in total. The third kappa shape index (κ3) is 5.97. The molecule has 0 aromatic heterocycles. The standard InChI is InChI=1S/C9F21O3P/c10-1(11,4(16,17)18)7(25,26)31-34(32-8(27,28)2(12,13)5(19,20)21)33-9(29,30)3(14,15)6(22,23)24. The zero-order valence-electron chi connectivity index (χ0n) is 14.1. The number of alkyl halides is 21. The molecule has 0 aromatic rings. The average molecular weight is 586 g/mol. The van der Waals surface area contributed by atoms with Crippen molar-refractivity contribution in [3.8, 4) is 0 Å². The van der Waals surface area contributed by atoms with Gasteiger partial charge in [-0.15, -0.1) is 0 Å². The van der Waals surface area contributed by atoms with Gasteiger partial charge in [-0.25, -0.2) is 13.6 Å². The average Bonchev–Trinajstić information content (AvgIpc) is 2.49. The highest BCUT2D eigenvalue weighted by atomic mass is 31.2. The van der Waals surface area contributed by atoms with Gasteiger partial charge in [-0.05, 0) is 0 Å². The van der Waals surface area contributed by atoms with E-state index in [2.05, 4.69) is 0 Å². The van der Waals surface area contributed by atoms with Gasteiger partial charge in [0.1, 0.15) is 0 Å². The highest BCUT2D eigenvalue weighted by Crippen LogP contribution is 2.62. The van der Waals surface area contributed by atoms with Gasteiger partial charge in [0, 0.05) is 0 Å². The van der Waals surface area contributed by atoms with Crippen LogP contribution in [0, 0.1) is 0 Å². The minimum atomic E-state index is -7.77. The first-order valence-corrected chi connectivity index (χ1v) is 7.72. The summed E-state index contributed by atoms with van der Waals surface area (Å²) in [6.07, 6.45) is -45.7. The molecule has 0 rings (SSSR count). The molecule has 0 spiro atoms. The Labute approximate surface area is 170 Å². The lowest BCUT2D eigenvalue weighted by Crippen LogP contribution is -2.56. The molecule has 0 saturated heterocycles. The maximum absolute atomic E-state index is 13.0. The summed E-state index contributed by atoms with van der Waals surface area (Å²) in [6, 6.07) is 0. The van der Waals surface area contributed by atoms with E-state index in [4.69, 9.17) is 0 Å². The predicted octanol–water partition coefficient (Wildman–Crippen LogP) is 7.63. The molecule has 0 heterocycles. The molecule has 0 aliphatic rings. The van der Waals surface area contributed by atoms with Crippen molar-refractivity contribution >= 4 is 8.60 Å². The number of halogens is 21. The summed E-state index contributed by atoms with van der Waals surface area (Å²) in [5.41, 5.74) is 0. The van der Waals surface area contributed by atoms with Crippen molar-refractivity contribution in [3.63, 3.8) is 0 Å². The molecule has 0 aromatic carbocycles. The quantitative estimate of drug-likeness (QED) is 0.206. The Morgan fingerprint density at radius 2 is 0.441 bits per heavy atom. The summed E-state index contributed by atoms with van der Waals surface area (Å²) < 4.78 is 267. The summed E-state index contributed by atoms with van der Waals surface area (Å²) in [4.78, 5) is 0. The predicted molar refractivity (Wildman–Crippen MR) is 58.0 cm³/mol. The van der Waals surface area contributed by atoms with Crippen molar-refractivity contribution in [2.45, 2.75) is 54.6 Å². The SMILES string of the molecule is FC(F)(F)C(F)(F)C(F)(F)OP(OC(F)(F)C(F)(F)C(F)(F)F)OC(F)(F)C(F)(F)C(F)(F)F. The van der Waals surface area contributed by atoms with Gasteiger partial charge < -0.3 is 0 Å². The Morgan fingerprint density at radius 1 is 0.294 bits per heavy atom. The largest absolute Gasteiger partial charge is 0.462 e. The lowest BCUT2D eigenvalue weighted by molar-refractivity contribution is -0.429. The fourth-order valence-corrected chi connectivity index (χ4v) is 2.02. The number of hydrogen-bond donors (Lipinski definition) is 0. The smallest absolute Gasteiger partial charge is 0.241 e. The summed E-state index contributed by atoms with van der Waals surface area (Å²) >= 11 is 0. The highest BCUT2D eigenvalue weighted by Gasteiger charge is 2.80. The third-order valence-corrected chi connectivity index (χ3v) is 3.87. The Balaban J connectivity index is 6.56. The van der Waals surface area contributed by atoms with E-state index in [1.807, 2.05) is 0 Å².